The van der Waals surface area contributed by atoms with Gasteiger partial charge in [0.15, 0.2) is 0 Å². The lowest BCUT2D eigenvalue weighted by Crippen LogP contribution is -2.50. The lowest BCUT2D eigenvalue weighted by molar-refractivity contribution is -0.136. The van der Waals surface area contributed by atoms with Crippen LogP contribution in [0.1, 0.15) is 36.9 Å². The van der Waals surface area contributed by atoms with E-state index in [9.17, 15) is 32.0 Å². The second-order valence-electron chi connectivity index (χ2n) is 11.9. The van der Waals surface area contributed by atoms with Gasteiger partial charge in [-0.1, -0.05) is 29.8 Å². The highest BCUT2D eigenvalue weighted by atomic mass is 35.5. The highest BCUT2D eigenvalue weighted by molar-refractivity contribution is 7.90. The Kier molecular flexibility index (Phi) is 9.73. The Balaban J connectivity index is 1.35. The SMILES string of the molecule is COc1ccc2c(c1)CCN(C1CCN(C(=O)Cn3cc(-c4cccc(F)c4Cl)c(=O)n([C@@H](C)CS(C)(=O)=O)c3=O)CC1)C(=O)C2. The molecule has 246 valence electrons. The maximum absolute atomic E-state index is 14.3. The first-order valence-electron chi connectivity index (χ1n) is 15.0. The average molecular weight is 675 g/mol. The summed E-state index contributed by atoms with van der Waals surface area (Å²) >= 11 is 6.18. The summed E-state index contributed by atoms with van der Waals surface area (Å²) in [7, 11) is -1.99. The molecule has 3 heterocycles. The quantitative estimate of drug-likeness (QED) is 0.360. The largest absolute Gasteiger partial charge is 0.497 e. The summed E-state index contributed by atoms with van der Waals surface area (Å²) in [6, 6.07) is 8.52. The van der Waals surface area contributed by atoms with E-state index in [0.29, 0.717) is 45.3 Å². The van der Waals surface area contributed by atoms with Crippen LogP contribution in [0.15, 0.2) is 52.2 Å². The summed E-state index contributed by atoms with van der Waals surface area (Å²) in [5, 5.41) is -0.342. The second-order valence-corrected chi connectivity index (χ2v) is 14.5. The Morgan fingerprint density at radius 2 is 1.78 bits per heavy atom. The molecule has 2 aliphatic heterocycles. The van der Waals surface area contributed by atoms with Crippen molar-refractivity contribution in [2.24, 2.45) is 0 Å². The van der Waals surface area contributed by atoms with Gasteiger partial charge in [-0.3, -0.25) is 23.5 Å². The summed E-state index contributed by atoms with van der Waals surface area (Å²) in [6.45, 7) is 2.25. The minimum atomic E-state index is -3.59. The zero-order valence-electron chi connectivity index (χ0n) is 25.9. The smallest absolute Gasteiger partial charge is 0.331 e. The van der Waals surface area contributed by atoms with Crippen molar-refractivity contribution in [2.75, 3.05) is 38.8 Å². The van der Waals surface area contributed by atoms with Crippen molar-refractivity contribution in [1.82, 2.24) is 18.9 Å². The zero-order chi connectivity index (χ0) is 33.3. The molecule has 0 unspecified atom stereocenters. The van der Waals surface area contributed by atoms with Gasteiger partial charge < -0.3 is 14.5 Å². The molecule has 0 aliphatic carbocycles. The first kappa shape index (κ1) is 33.4. The number of amides is 2. The van der Waals surface area contributed by atoms with Crippen molar-refractivity contribution in [2.45, 2.75) is 51.2 Å². The number of aromatic nitrogens is 2. The third-order valence-electron chi connectivity index (χ3n) is 8.67. The van der Waals surface area contributed by atoms with Gasteiger partial charge in [0.1, 0.15) is 27.9 Å². The zero-order valence-corrected chi connectivity index (χ0v) is 27.4. The second kappa shape index (κ2) is 13.4. The van der Waals surface area contributed by atoms with Gasteiger partial charge in [-0.25, -0.2) is 17.6 Å². The van der Waals surface area contributed by atoms with Gasteiger partial charge in [0.25, 0.3) is 5.56 Å². The molecule has 2 aliphatic rings. The number of rotatable bonds is 8. The molecule has 11 nitrogen and oxygen atoms in total. The van der Waals surface area contributed by atoms with E-state index >= 15 is 0 Å². The Hall–Kier alpha value is -3.97. The summed E-state index contributed by atoms with van der Waals surface area (Å²) in [5.74, 6) is -0.888. The maximum Gasteiger partial charge on any atom is 0.331 e. The normalized spacial score (nSPS) is 16.6. The number of sulfone groups is 1. The Bertz CT molecular complexity index is 1900. The van der Waals surface area contributed by atoms with Crippen LogP contribution in [0.5, 0.6) is 5.75 Å². The van der Waals surface area contributed by atoms with Crippen molar-refractivity contribution in [3.8, 4) is 16.9 Å². The molecule has 5 rings (SSSR count). The first-order valence-corrected chi connectivity index (χ1v) is 17.4. The van der Waals surface area contributed by atoms with Gasteiger partial charge in [-0.2, -0.15) is 0 Å². The van der Waals surface area contributed by atoms with Gasteiger partial charge in [-0.05, 0) is 55.5 Å². The molecule has 3 aromatic rings. The van der Waals surface area contributed by atoms with E-state index in [1.54, 1.807) is 12.0 Å². The molecule has 1 aromatic heterocycles. The first-order chi connectivity index (χ1) is 21.8. The molecular formula is C32H36ClFN4O7S. The highest BCUT2D eigenvalue weighted by Gasteiger charge is 2.32. The molecule has 2 amide bonds. The van der Waals surface area contributed by atoms with Crippen molar-refractivity contribution in [1.29, 1.82) is 0 Å². The lowest BCUT2D eigenvalue weighted by Gasteiger charge is -2.38. The Morgan fingerprint density at radius 1 is 1.07 bits per heavy atom. The number of nitrogens with zero attached hydrogens (tertiary/aromatic N) is 4. The number of hydrogen-bond donors (Lipinski definition) is 0. The third kappa shape index (κ3) is 7.05. The molecule has 14 heteroatoms. The number of likely N-dealkylation sites (tertiary alicyclic amines) is 1. The van der Waals surface area contributed by atoms with E-state index in [1.807, 2.05) is 23.1 Å². The molecular weight excluding hydrogens is 639 g/mol. The number of benzene rings is 2. The Labute approximate surface area is 271 Å². The monoisotopic (exact) mass is 674 g/mol. The fraction of sp³-hybridized carbons (Fsp3) is 0.438. The number of ether oxygens (including phenoxy) is 1. The minimum Gasteiger partial charge on any atom is -0.497 e. The van der Waals surface area contributed by atoms with E-state index in [0.717, 1.165) is 38.3 Å². The summed E-state index contributed by atoms with van der Waals surface area (Å²) in [6.07, 6.45) is 4.27. The predicted octanol–water partition coefficient (Wildman–Crippen LogP) is 2.70. The topological polar surface area (TPSA) is 128 Å². The van der Waals surface area contributed by atoms with E-state index in [-0.39, 0.29) is 34.0 Å². The highest BCUT2D eigenvalue weighted by Crippen LogP contribution is 2.28. The number of halogens is 2. The number of carbonyl (C=O) groups is 2. The van der Waals surface area contributed by atoms with E-state index in [1.165, 1.54) is 25.3 Å². The van der Waals surface area contributed by atoms with Crippen LogP contribution in [0.4, 0.5) is 4.39 Å². The average Bonchev–Trinajstić information content (AvgIpc) is 3.16. The van der Waals surface area contributed by atoms with E-state index in [2.05, 4.69) is 0 Å². The van der Waals surface area contributed by atoms with Crippen LogP contribution in [-0.2, 0) is 38.8 Å². The molecule has 0 radical (unpaired) electrons. The van der Waals surface area contributed by atoms with Gasteiger partial charge in [0.05, 0.1) is 35.9 Å². The molecule has 0 saturated carbocycles. The molecule has 1 atom stereocenters. The van der Waals surface area contributed by atoms with E-state index < -0.39 is 45.2 Å². The van der Waals surface area contributed by atoms with Gasteiger partial charge in [0.2, 0.25) is 11.8 Å². The van der Waals surface area contributed by atoms with Crippen molar-refractivity contribution in [3.63, 3.8) is 0 Å². The van der Waals surface area contributed by atoms with Crippen LogP contribution >= 0.6 is 11.6 Å². The van der Waals surface area contributed by atoms with Crippen LogP contribution < -0.4 is 16.0 Å². The third-order valence-corrected chi connectivity index (χ3v) is 10.1. The number of piperidine rings is 1. The Morgan fingerprint density at radius 3 is 2.46 bits per heavy atom. The summed E-state index contributed by atoms with van der Waals surface area (Å²) < 4.78 is 45.6. The molecule has 0 spiro atoms. The summed E-state index contributed by atoms with van der Waals surface area (Å²) in [5.41, 5.74) is 0.218. The van der Waals surface area contributed by atoms with Crippen LogP contribution in [0.25, 0.3) is 11.1 Å². The number of hydrogen-bond acceptors (Lipinski definition) is 7. The predicted molar refractivity (Wildman–Crippen MR) is 172 cm³/mol. The van der Waals surface area contributed by atoms with Crippen molar-refractivity contribution < 1.29 is 27.1 Å². The number of carbonyl (C=O) groups excluding carboxylic acids is 2. The van der Waals surface area contributed by atoms with Gasteiger partial charge in [-0.15, -0.1) is 0 Å². The van der Waals surface area contributed by atoms with Crippen molar-refractivity contribution in [3.05, 3.63) is 85.4 Å². The fourth-order valence-corrected chi connectivity index (χ4v) is 7.61. The van der Waals surface area contributed by atoms with E-state index in [4.69, 9.17) is 16.3 Å². The minimum absolute atomic E-state index is 0.0108. The molecule has 46 heavy (non-hydrogen) atoms. The lowest BCUT2D eigenvalue weighted by atomic mass is 10.0. The van der Waals surface area contributed by atoms with Crippen molar-refractivity contribution >= 4 is 33.3 Å². The van der Waals surface area contributed by atoms with Crippen LogP contribution in [-0.4, -0.2) is 84.0 Å². The van der Waals surface area contributed by atoms with Crippen LogP contribution in [0, 0.1) is 5.82 Å². The maximum atomic E-state index is 14.3. The number of fused-ring (bicyclic) bond motifs is 1. The molecule has 0 bridgehead atoms. The molecule has 2 aromatic carbocycles. The van der Waals surface area contributed by atoms with Gasteiger partial charge in [0, 0.05) is 43.7 Å². The van der Waals surface area contributed by atoms with Gasteiger partial charge >= 0.3 is 5.69 Å². The molecule has 1 fully saturated rings. The van der Waals surface area contributed by atoms with Crippen LogP contribution in [0.3, 0.4) is 0 Å². The molecule has 1 saturated heterocycles. The standard InChI is InChI=1S/C32H36ClFN4O7S/c1-20(19-46(3,43)44)38-31(41)26(25-5-4-6-27(34)30(25)33)17-36(32(38)42)18-29(40)35-12-10-23(11-13-35)37-14-9-22-15-24(45-2)8-7-21(22)16-28(37)39/h4-8,15,17,20,23H,9-14,16,18-19H2,1-3H3/t20-/m0/s1. The fourth-order valence-electron chi connectivity index (χ4n) is 6.36. The number of methoxy groups -OCH3 is 1. The summed E-state index contributed by atoms with van der Waals surface area (Å²) in [4.78, 5) is 57.2. The molecule has 0 N–H and O–H groups in total. The van der Waals surface area contributed by atoms with Crippen LogP contribution in [0.2, 0.25) is 5.02 Å².